The lowest BCUT2D eigenvalue weighted by atomic mass is 10.0. The number of aryl methyl sites for hydroxylation is 1. The van der Waals surface area contributed by atoms with Crippen LogP contribution in [0, 0.1) is 0 Å². The molecule has 1 aromatic carbocycles. The summed E-state index contributed by atoms with van der Waals surface area (Å²) in [5, 5.41) is 0. The molecule has 3 nitrogen and oxygen atoms in total. The van der Waals surface area contributed by atoms with Crippen molar-refractivity contribution in [3.63, 3.8) is 0 Å². The lowest BCUT2D eigenvalue weighted by Gasteiger charge is -2.10. The summed E-state index contributed by atoms with van der Waals surface area (Å²) in [6.45, 7) is 2.10. The van der Waals surface area contributed by atoms with Crippen LogP contribution in [0.2, 0.25) is 0 Å². The first-order chi connectivity index (χ1) is 7.17. The van der Waals surface area contributed by atoms with Crippen LogP contribution in [0.15, 0.2) is 24.3 Å². The number of carbonyl (C=O) groups is 1. The zero-order valence-corrected chi connectivity index (χ0v) is 10.4. The molecule has 1 atom stereocenters. The van der Waals surface area contributed by atoms with Gasteiger partial charge in [0.25, 0.3) is 0 Å². The fourth-order valence-corrected chi connectivity index (χ4v) is 1.38. The molecule has 0 amide bonds. The first-order valence-electron chi connectivity index (χ1n) is 5.08. The van der Waals surface area contributed by atoms with Crippen molar-refractivity contribution in [1.82, 2.24) is 0 Å². The molecule has 0 heterocycles. The number of hydrogen-bond acceptors (Lipinski definition) is 3. The third-order valence-corrected chi connectivity index (χ3v) is 2.43. The normalized spacial score (nSPS) is 11.4. The van der Waals surface area contributed by atoms with Crippen LogP contribution in [0.25, 0.3) is 0 Å². The summed E-state index contributed by atoms with van der Waals surface area (Å²) in [6.07, 6.45) is 1.23. The first kappa shape index (κ1) is 14.9. The van der Waals surface area contributed by atoms with Crippen molar-refractivity contribution in [2.45, 2.75) is 25.8 Å². The highest BCUT2D eigenvalue weighted by Crippen LogP contribution is 2.15. The third-order valence-electron chi connectivity index (χ3n) is 2.43. The molecule has 1 aromatic rings. The largest absolute Gasteiger partial charge is 0.469 e. The molecular weight excluding hydrogens is 226 g/mol. The molecule has 0 fully saturated rings. The molecule has 4 heteroatoms. The number of benzene rings is 1. The smallest absolute Gasteiger partial charge is 0.307 e. The Morgan fingerprint density at radius 1 is 1.38 bits per heavy atom. The van der Waals surface area contributed by atoms with Gasteiger partial charge in [-0.25, -0.2) is 0 Å². The van der Waals surface area contributed by atoms with Crippen LogP contribution < -0.4 is 5.73 Å². The summed E-state index contributed by atoms with van der Waals surface area (Å²) in [4.78, 5) is 11.0. The lowest BCUT2D eigenvalue weighted by Crippen LogP contribution is -2.16. The third kappa shape index (κ3) is 4.21. The molecule has 0 saturated heterocycles. The van der Waals surface area contributed by atoms with E-state index in [0.29, 0.717) is 0 Å². The van der Waals surface area contributed by atoms with Crippen LogP contribution in [0.4, 0.5) is 0 Å². The monoisotopic (exact) mass is 243 g/mol. The van der Waals surface area contributed by atoms with Gasteiger partial charge in [0, 0.05) is 6.04 Å². The molecule has 90 valence electrons. The van der Waals surface area contributed by atoms with Crippen LogP contribution in [0.1, 0.15) is 30.5 Å². The SMILES string of the molecule is CCc1ccc(C(N)CC(=O)OC)cc1.Cl. The summed E-state index contributed by atoms with van der Waals surface area (Å²) < 4.78 is 4.57. The number of rotatable bonds is 4. The Balaban J connectivity index is 0.00000225. The van der Waals surface area contributed by atoms with Crippen molar-refractivity contribution in [1.29, 1.82) is 0 Å². The minimum Gasteiger partial charge on any atom is -0.469 e. The summed E-state index contributed by atoms with van der Waals surface area (Å²) in [5.74, 6) is -0.276. The van der Waals surface area contributed by atoms with Crippen LogP contribution >= 0.6 is 12.4 Å². The van der Waals surface area contributed by atoms with Gasteiger partial charge in [-0.3, -0.25) is 4.79 Å². The Hall–Kier alpha value is -1.06. The average molecular weight is 244 g/mol. The molecule has 0 aliphatic rings. The van der Waals surface area contributed by atoms with Gasteiger partial charge in [-0.15, -0.1) is 12.4 Å². The molecule has 16 heavy (non-hydrogen) atoms. The maximum atomic E-state index is 11.0. The van der Waals surface area contributed by atoms with E-state index >= 15 is 0 Å². The van der Waals surface area contributed by atoms with Gasteiger partial charge in [0.2, 0.25) is 0 Å². The second-order valence-electron chi connectivity index (χ2n) is 3.48. The van der Waals surface area contributed by atoms with Gasteiger partial charge < -0.3 is 10.5 Å². The van der Waals surface area contributed by atoms with Crippen molar-refractivity contribution in [3.8, 4) is 0 Å². The second-order valence-corrected chi connectivity index (χ2v) is 3.48. The molecular formula is C12H18ClNO2. The summed E-state index contributed by atoms with van der Waals surface area (Å²) in [7, 11) is 1.37. The van der Waals surface area contributed by atoms with Crippen LogP contribution in [0.3, 0.4) is 0 Å². The van der Waals surface area contributed by atoms with Gasteiger partial charge in [-0.1, -0.05) is 31.2 Å². The number of methoxy groups -OCH3 is 1. The minimum atomic E-state index is -0.276. The van der Waals surface area contributed by atoms with Gasteiger partial charge in [0.05, 0.1) is 13.5 Å². The fourth-order valence-electron chi connectivity index (χ4n) is 1.38. The standard InChI is InChI=1S/C12H17NO2.ClH/c1-3-9-4-6-10(7-5-9)11(13)8-12(14)15-2;/h4-7,11H,3,8,13H2,1-2H3;1H. The van der Waals surface area contributed by atoms with Crippen molar-refractivity contribution < 1.29 is 9.53 Å². The molecule has 0 bridgehead atoms. The Bertz CT molecular complexity index is 324. The molecule has 2 N–H and O–H groups in total. The Kier molecular flexibility index (Phi) is 6.77. The van der Waals surface area contributed by atoms with Gasteiger partial charge in [-0.05, 0) is 17.5 Å². The fraction of sp³-hybridized carbons (Fsp3) is 0.417. The highest BCUT2D eigenvalue weighted by Gasteiger charge is 2.11. The number of nitrogens with two attached hydrogens (primary N) is 1. The van der Waals surface area contributed by atoms with Crippen LogP contribution in [-0.4, -0.2) is 13.1 Å². The summed E-state index contributed by atoms with van der Waals surface area (Å²) in [6, 6.07) is 7.72. The van der Waals surface area contributed by atoms with Gasteiger partial charge in [0.1, 0.15) is 0 Å². The number of halogens is 1. The summed E-state index contributed by atoms with van der Waals surface area (Å²) in [5.41, 5.74) is 8.10. The van der Waals surface area contributed by atoms with E-state index in [1.807, 2.05) is 24.3 Å². The Morgan fingerprint density at radius 3 is 2.38 bits per heavy atom. The second kappa shape index (κ2) is 7.25. The van der Waals surface area contributed by atoms with E-state index in [2.05, 4.69) is 11.7 Å². The predicted octanol–water partition coefficient (Wildman–Crippen LogP) is 2.23. The molecule has 0 aromatic heterocycles. The summed E-state index contributed by atoms with van der Waals surface area (Å²) >= 11 is 0. The number of esters is 1. The highest BCUT2D eigenvalue weighted by molar-refractivity contribution is 5.85. The zero-order chi connectivity index (χ0) is 11.3. The van der Waals surface area contributed by atoms with E-state index in [4.69, 9.17) is 5.73 Å². The van der Waals surface area contributed by atoms with E-state index in [9.17, 15) is 4.79 Å². The number of ether oxygens (including phenoxy) is 1. The first-order valence-corrected chi connectivity index (χ1v) is 5.08. The zero-order valence-electron chi connectivity index (χ0n) is 9.60. The van der Waals surface area contributed by atoms with Crippen molar-refractivity contribution >= 4 is 18.4 Å². The molecule has 0 spiro atoms. The average Bonchev–Trinajstić information content (AvgIpc) is 2.29. The van der Waals surface area contributed by atoms with E-state index in [1.54, 1.807) is 0 Å². The molecule has 1 unspecified atom stereocenters. The van der Waals surface area contributed by atoms with Gasteiger partial charge in [-0.2, -0.15) is 0 Å². The lowest BCUT2D eigenvalue weighted by molar-refractivity contribution is -0.141. The molecule has 0 aliphatic heterocycles. The molecule has 0 radical (unpaired) electrons. The minimum absolute atomic E-state index is 0. The number of carbonyl (C=O) groups excluding carboxylic acids is 1. The number of hydrogen-bond donors (Lipinski definition) is 1. The molecule has 0 aliphatic carbocycles. The van der Waals surface area contributed by atoms with Crippen molar-refractivity contribution in [2.24, 2.45) is 5.73 Å². The molecule has 0 saturated carbocycles. The topological polar surface area (TPSA) is 52.3 Å². The van der Waals surface area contributed by atoms with E-state index in [0.717, 1.165) is 12.0 Å². The Morgan fingerprint density at radius 2 is 1.94 bits per heavy atom. The molecule has 1 rings (SSSR count). The van der Waals surface area contributed by atoms with E-state index < -0.39 is 0 Å². The van der Waals surface area contributed by atoms with E-state index in [1.165, 1.54) is 12.7 Å². The van der Waals surface area contributed by atoms with Gasteiger partial charge in [0.15, 0.2) is 0 Å². The quantitative estimate of drug-likeness (QED) is 0.826. The van der Waals surface area contributed by atoms with Gasteiger partial charge >= 0.3 is 5.97 Å². The highest BCUT2D eigenvalue weighted by atomic mass is 35.5. The van der Waals surface area contributed by atoms with Crippen molar-refractivity contribution in [2.75, 3.05) is 7.11 Å². The Labute approximate surface area is 102 Å². The van der Waals surface area contributed by atoms with Crippen LogP contribution in [-0.2, 0) is 16.0 Å². The maximum absolute atomic E-state index is 11.0. The van der Waals surface area contributed by atoms with Crippen LogP contribution in [0.5, 0.6) is 0 Å². The maximum Gasteiger partial charge on any atom is 0.307 e. The van der Waals surface area contributed by atoms with E-state index in [-0.39, 0.29) is 30.8 Å². The van der Waals surface area contributed by atoms with Crippen molar-refractivity contribution in [3.05, 3.63) is 35.4 Å². The predicted molar refractivity (Wildman–Crippen MR) is 66.6 cm³/mol.